The minimum Gasteiger partial charge on any atom is -0.396 e. The number of aliphatic hydroxyl groups excluding tert-OH is 1. The molecular weight excluding hydrogens is 323 g/mol. The molecule has 0 aliphatic heterocycles. The molecule has 1 rings (SSSR count). The number of hydrogen-bond acceptors (Lipinski definition) is 4. The molecule has 0 fully saturated rings. The maximum absolute atomic E-state index is 11.6. The zero-order valence-electron chi connectivity index (χ0n) is 9.32. The Morgan fingerprint density at radius 1 is 1.33 bits per heavy atom. The second kappa shape index (κ2) is 5.71. The number of nitrogen functional groups attached to an aromatic ring is 1. The Balaban J connectivity index is 3.48. The van der Waals surface area contributed by atoms with Crippen LogP contribution in [0.15, 0.2) is 6.07 Å². The van der Waals surface area contributed by atoms with E-state index < -0.39 is 10.0 Å². The highest BCUT2D eigenvalue weighted by atomic mass is 35.5. The fraction of sp³-hybridized carbons (Fsp3) is 0.333. The van der Waals surface area contributed by atoms with E-state index in [0.717, 1.165) is 10.6 Å². The number of aliphatic hydroxyl groups is 1. The maximum atomic E-state index is 11.6. The number of hydrogen-bond donors (Lipinski definition) is 2. The highest BCUT2D eigenvalue weighted by Crippen LogP contribution is 2.41. The molecule has 18 heavy (non-hydrogen) atoms. The van der Waals surface area contributed by atoms with E-state index >= 15 is 0 Å². The van der Waals surface area contributed by atoms with Crippen LogP contribution in [0.2, 0.25) is 15.1 Å². The molecule has 102 valence electrons. The maximum Gasteiger partial charge on any atom is 0.232 e. The van der Waals surface area contributed by atoms with Gasteiger partial charge >= 0.3 is 0 Å². The average molecular weight is 334 g/mol. The van der Waals surface area contributed by atoms with Crippen LogP contribution in [0, 0.1) is 0 Å². The SMILES string of the molecule is CS(=O)(=O)N(CCO)c1cc(Cl)c(Cl)c(N)c1Cl. The molecule has 0 unspecified atom stereocenters. The first-order chi connectivity index (χ1) is 8.20. The largest absolute Gasteiger partial charge is 0.396 e. The number of sulfonamides is 1. The van der Waals surface area contributed by atoms with Crippen LogP contribution in [-0.4, -0.2) is 32.9 Å². The fourth-order valence-electron chi connectivity index (χ4n) is 1.35. The summed E-state index contributed by atoms with van der Waals surface area (Å²) in [7, 11) is -3.62. The van der Waals surface area contributed by atoms with Crippen molar-refractivity contribution in [3.63, 3.8) is 0 Å². The average Bonchev–Trinajstić information content (AvgIpc) is 2.27. The van der Waals surface area contributed by atoms with Crippen LogP contribution in [0.3, 0.4) is 0 Å². The molecule has 1 aromatic rings. The second-order valence-corrected chi connectivity index (χ2v) is 6.55. The van der Waals surface area contributed by atoms with Gasteiger partial charge in [0.2, 0.25) is 10.0 Å². The molecule has 0 atom stereocenters. The lowest BCUT2D eigenvalue weighted by Gasteiger charge is -2.23. The summed E-state index contributed by atoms with van der Waals surface area (Å²) < 4.78 is 24.2. The number of nitrogens with zero attached hydrogens (tertiary/aromatic N) is 1. The molecule has 9 heteroatoms. The Bertz CT molecular complexity index is 563. The van der Waals surface area contributed by atoms with E-state index in [1.165, 1.54) is 6.07 Å². The summed E-state index contributed by atoms with van der Waals surface area (Å²) in [6, 6.07) is 1.29. The van der Waals surface area contributed by atoms with Crippen molar-refractivity contribution in [3.8, 4) is 0 Å². The first kappa shape index (κ1) is 15.7. The number of halogens is 3. The quantitative estimate of drug-likeness (QED) is 0.652. The van der Waals surface area contributed by atoms with E-state index in [1.54, 1.807) is 0 Å². The lowest BCUT2D eigenvalue weighted by Crippen LogP contribution is -2.32. The molecule has 0 bridgehead atoms. The first-order valence-corrected chi connectivity index (χ1v) is 7.70. The summed E-state index contributed by atoms with van der Waals surface area (Å²) in [5.41, 5.74) is 5.70. The third-order valence-electron chi connectivity index (χ3n) is 2.14. The summed E-state index contributed by atoms with van der Waals surface area (Å²) in [5, 5.41) is 9.02. The molecule has 0 spiro atoms. The van der Waals surface area contributed by atoms with Crippen LogP contribution in [0.25, 0.3) is 0 Å². The third kappa shape index (κ3) is 3.13. The van der Waals surface area contributed by atoms with Crippen LogP contribution in [0.4, 0.5) is 11.4 Å². The van der Waals surface area contributed by atoms with Gasteiger partial charge in [-0.25, -0.2) is 8.42 Å². The monoisotopic (exact) mass is 332 g/mol. The van der Waals surface area contributed by atoms with Gasteiger partial charge in [-0.3, -0.25) is 4.31 Å². The van der Waals surface area contributed by atoms with Crippen LogP contribution in [0.1, 0.15) is 0 Å². The van der Waals surface area contributed by atoms with E-state index in [0.29, 0.717) is 0 Å². The van der Waals surface area contributed by atoms with Crippen molar-refractivity contribution in [1.82, 2.24) is 0 Å². The topological polar surface area (TPSA) is 83.6 Å². The van der Waals surface area contributed by atoms with Crippen molar-refractivity contribution in [1.29, 1.82) is 0 Å². The minimum absolute atomic E-state index is 0.00702. The van der Waals surface area contributed by atoms with Gasteiger partial charge in [0.25, 0.3) is 0 Å². The lowest BCUT2D eigenvalue weighted by atomic mass is 10.2. The molecule has 0 radical (unpaired) electrons. The van der Waals surface area contributed by atoms with Gasteiger partial charge in [0.1, 0.15) is 0 Å². The number of rotatable bonds is 4. The van der Waals surface area contributed by atoms with E-state index in [-0.39, 0.29) is 39.6 Å². The van der Waals surface area contributed by atoms with Gasteiger partial charge in [0.05, 0.1) is 45.9 Å². The summed E-state index contributed by atoms with van der Waals surface area (Å²) in [5.74, 6) is 0. The smallest absolute Gasteiger partial charge is 0.232 e. The molecule has 0 aromatic heterocycles. The zero-order chi connectivity index (χ0) is 14.1. The Morgan fingerprint density at radius 2 is 1.89 bits per heavy atom. The Kier molecular flexibility index (Phi) is 4.97. The molecular formula is C9H11Cl3N2O3S. The van der Waals surface area contributed by atoms with Crippen molar-refractivity contribution in [2.24, 2.45) is 0 Å². The van der Waals surface area contributed by atoms with Gasteiger partial charge in [-0.2, -0.15) is 0 Å². The van der Waals surface area contributed by atoms with E-state index in [2.05, 4.69) is 0 Å². The van der Waals surface area contributed by atoms with E-state index in [9.17, 15) is 8.42 Å². The Hall–Kier alpha value is -0.400. The summed E-state index contributed by atoms with van der Waals surface area (Å²) in [6.45, 7) is -0.528. The molecule has 0 aliphatic carbocycles. The lowest BCUT2D eigenvalue weighted by molar-refractivity contribution is 0.307. The predicted octanol–water partition coefficient (Wildman–Crippen LogP) is 1.99. The van der Waals surface area contributed by atoms with Crippen molar-refractivity contribution in [3.05, 3.63) is 21.1 Å². The Morgan fingerprint density at radius 3 is 2.33 bits per heavy atom. The number of nitrogens with two attached hydrogens (primary N) is 1. The van der Waals surface area contributed by atoms with Crippen LogP contribution in [-0.2, 0) is 10.0 Å². The molecule has 0 heterocycles. The van der Waals surface area contributed by atoms with Gasteiger partial charge in [-0.15, -0.1) is 0 Å². The molecule has 0 amide bonds. The van der Waals surface area contributed by atoms with Crippen LogP contribution >= 0.6 is 34.8 Å². The summed E-state index contributed by atoms with van der Waals surface area (Å²) >= 11 is 17.6. The summed E-state index contributed by atoms with van der Waals surface area (Å²) in [6.07, 6.45) is 0.984. The predicted molar refractivity (Wildman–Crippen MR) is 75.2 cm³/mol. The zero-order valence-corrected chi connectivity index (χ0v) is 12.4. The Labute approximate surface area is 120 Å². The van der Waals surface area contributed by atoms with Gasteiger partial charge < -0.3 is 10.8 Å². The molecule has 3 N–H and O–H groups in total. The highest BCUT2D eigenvalue weighted by Gasteiger charge is 2.23. The van der Waals surface area contributed by atoms with Gasteiger partial charge in [0, 0.05) is 0 Å². The molecule has 0 saturated heterocycles. The van der Waals surface area contributed by atoms with Crippen molar-refractivity contribution in [2.75, 3.05) is 29.4 Å². The minimum atomic E-state index is -3.62. The van der Waals surface area contributed by atoms with Gasteiger partial charge in [0.15, 0.2) is 0 Å². The normalized spacial score (nSPS) is 11.6. The van der Waals surface area contributed by atoms with Crippen LogP contribution < -0.4 is 10.0 Å². The summed E-state index contributed by atoms with van der Waals surface area (Å²) in [4.78, 5) is 0. The van der Waals surface area contributed by atoms with E-state index in [1.807, 2.05) is 0 Å². The van der Waals surface area contributed by atoms with Gasteiger partial charge in [-0.05, 0) is 6.07 Å². The van der Waals surface area contributed by atoms with Crippen molar-refractivity contribution in [2.45, 2.75) is 0 Å². The standard InChI is InChI=1S/C9H11Cl3N2O3S/c1-18(16,17)14(2-3-15)6-4-5(10)7(11)9(13)8(6)12/h4,15H,2-3,13H2,1H3. The number of anilines is 2. The van der Waals surface area contributed by atoms with Crippen LogP contribution in [0.5, 0.6) is 0 Å². The first-order valence-electron chi connectivity index (χ1n) is 4.71. The highest BCUT2D eigenvalue weighted by molar-refractivity contribution is 7.92. The van der Waals surface area contributed by atoms with Crippen molar-refractivity contribution >= 4 is 56.2 Å². The molecule has 0 aliphatic rings. The molecule has 5 nitrogen and oxygen atoms in total. The second-order valence-electron chi connectivity index (χ2n) is 3.48. The van der Waals surface area contributed by atoms with Gasteiger partial charge in [-0.1, -0.05) is 34.8 Å². The number of benzene rings is 1. The molecule has 1 aromatic carbocycles. The molecule has 0 saturated carbocycles. The van der Waals surface area contributed by atoms with E-state index in [4.69, 9.17) is 45.6 Å². The third-order valence-corrected chi connectivity index (χ3v) is 4.52. The van der Waals surface area contributed by atoms with Crippen molar-refractivity contribution < 1.29 is 13.5 Å². The fourth-order valence-corrected chi connectivity index (χ4v) is 2.97.